The Morgan fingerprint density at radius 2 is 2.28 bits per heavy atom. The Labute approximate surface area is 111 Å². The molecular weight excluding hydrogens is 252 g/mol. The van der Waals surface area contributed by atoms with Crippen LogP contribution in [0.3, 0.4) is 0 Å². The summed E-state index contributed by atoms with van der Waals surface area (Å²) in [4.78, 5) is 10.4. The van der Waals surface area contributed by atoms with Gasteiger partial charge in [0, 0.05) is 12.5 Å². The number of carboxylic acid groups (broad SMARTS) is 1. The normalized spacial score (nSPS) is 10.6. The van der Waals surface area contributed by atoms with Gasteiger partial charge in [-0.1, -0.05) is 23.2 Å². The largest absolute Gasteiger partial charge is 0.492 e. The number of hydrogen-bond acceptors (Lipinski definition) is 2. The van der Waals surface area contributed by atoms with Crippen molar-refractivity contribution in [2.24, 2.45) is 0 Å². The van der Waals surface area contributed by atoms with Crippen LogP contribution in [-0.2, 0) is 4.79 Å². The Morgan fingerprint density at radius 1 is 1.56 bits per heavy atom. The molecule has 1 N–H and O–H groups in total. The van der Waals surface area contributed by atoms with E-state index in [-0.39, 0.29) is 0 Å². The van der Waals surface area contributed by atoms with Crippen LogP contribution in [0, 0.1) is 0 Å². The van der Waals surface area contributed by atoms with Gasteiger partial charge < -0.3 is 9.84 Å². The standard InChI is InChI=1S/C14H15ClO3/c1-10(2)7-8-18-13-5-3-11(9-12(13)15)4-6-14(16)17/h3-6,9H,1,7-8H2,2H3,(H,16,17)/b6-4+. The minimum absolute atomic E-state index is 0.462. The van der Waals surface area contributed by atoms with Crippen molar-refractivity contribution >= 4 is 23.6 Å². The summed E-state index contributed by atoms with van der Waals surface area (Å²) in [7, 11) is 0. The van der Waals surface area contributed by atoms with Crippen LogP contribution in [0.25, 0.3) is 6.08 Å². The van der Waals surface area contributed by atoms with Crippen molar-refractivity contribution in [2.75, 3.05) is 6.61 Å². The quantitative estimate of drug-likeness (QED) is 0.629. The topological polar surface area (TPSA) is 46.5 Å². The monoisotopic (exact) mass is 266 g/mol. The van der Waals surface area contributed by atoms with E-state index in [2.05, 4.69) is 6.58 Å². The van der Waals surface area contributed by atoms with Crippen molar-refractivity contribution in [1.82, 2.24) is 0 Å². The number of halogens is 1. The zero-order chi connectivity index (χ0) is 13.5. The number of benzene rings is 1. The molecule has 0 radical (unpaired) electrons. The molecule has 0 saturated heterocycles. The number of carbonyl (C=O) groups is 1. The van der Waals surface area contributed by atoms with E-state index in [1.807, 2.05) is 6.92 Å². The Balaban J connectivity index is 2.67. The molecule has 96 valence electrons. The summed E-state index contributed by atoms with van der Waals surface area (Å²) < 4.78 is 5.49. The van der Waals surface area contributed by atoms with E-state index in [0.29, 0.717) is 17.4 Å². The first-order valence-electron chi connectivity index (χ1n) is 5.47. The maximum absolute atomic E-state index is 10.4. The Morgan fingerprint density at radius 3 is 2.83 bits per heavy atom. The second-order valence-electron chi connectivity index (χ2n) is 3.92. The lowest BCUT2D eigenvalue weighted by Gasteiger charge is -2.08. The lowest BCUT2D eigenvalue weighted by atomic mass is 10.2. The zero-order valence-electron chi connectivity index (χ0n) is 10.1. The fourth-order valence-electron chi connectivity index (χ4n) is 1.24. The molecule has 0 aliphatic carbocycles. The fourth-order valence-corrected chi connectivity index (χ4v) is 1.48. The molecule has 0 spiro atoms. The predicted octanol–water partition coefficient (Wildman–Crippen LogP) is 3.78. The van der Waals surface area contributed by atoms with E-state index in [1.165, 1.54) is 6.08 Å². The van der Waals surface area contributed by atoms with Gasteiger partial charge in [-0.25, -0.2) is 4.79 Å². The number of hydrogen-bond donors (Lipinski definition) is 1. The van der Waals surface area contributed by atoms with Gasteiger partial charge in [0.15, 0.2) is 0 Å². The van der Waals surface area contributed by atoms with Gasteiger partial charge >= 0.3 is 5.97 Å². The molecule has 1 aromatic rings. The zero-order valence-corrected chi connectivity index (χ0v) is 10.9. The molecule has 0 unspecified atom stereocenters. The highest BCUT2D eigenvalue weighted by Crippen LogP contribution is 2.26. The second kappa shape index (κ2) is 6.87. The first-order valence-corrected chi connectivity index (χ1v) is 5.84. The summed E-state index contributed by atoms with van der Waals surface area (Å²) in [5.41, 5.74) is 1.77. The number of carboxylic acids is 1. The molecule has 0 bridgehead atoms. The molecule has 0 aliphatic heterocycles. The van der Waals surface area contributed by atoms with Crippen molar-refractivity contribution in [2.45, 2.75) is 13.3 Å². The van der Waals surface area contributed by atoms with Crippen molar-refractivity contribution in [3.8, 4) is 5.75 Å². The lowest BCUT2D eigenvalue weighted by Crippen LogP contribution is -1.98. The van der Waals surface area contributed by atoms with Gasteiger partial charge in [0.05, 0.1) is 11.6 Å². The van der Waals surface area contributed by atoms with Crippen molar-refractivity contribution in [3.05, 3.63) is 47.0 Å². The Kier molecular flexibility index (Phi) is 5.46. The minimum Gasteiger partial charge on any atom is -0.492 e. The van der Waals surface area contributed by atoms with E-state index >= 15 is 0 Å². The van der Waals surface area contributed by atoms with Crippen molar-refractivity contribution in [3.63, 3.8) is 0 Å². The van der Waals surface area contributed by atoms with E-state index in [0.717, 1.165) is 23.6 Å². The third kappa shape index (κ3) is 5.06. The van der Waals surface area contributed by atoms with Crippen LogP contribution < -0.4 is 4.74 Å². The number of ether oxygens (including phenoxy) is 1. The molecule has 0 saturated carbocycles. The van der Waals surface area contributed by atoms with E-state index in [9.17, 15) is 4.79 Å². The summed E-state index contributed by atoms with van der Waals surface area (Å²) in [5, 5.41) is 8.98. The number of aliphatic carboxylic acids is 1. The van der Waals surface area contributed by atoms with Gasteiger partial charge in [-0.3, -0.25) is 0 Å². The molecular formula is C14H15ClO3. The first kappa shape index (κ1) is 14.3. The molecule has 0 heterocycles. The third-order valence-corrected chi connectivity index (χ3v) is 2.46. The number of rotatable bonds is 6. The molecule has 0 aliphatic rings. The predicted molar refractivity (Wildman–Crippen MR) is 73.0 cm³/mol. The molecule has 18 heavy (non-hydrogen) atoms. The Hall–Kier alpha value is -1.74. The van der Waals surface area contributed by atoms with Crippen LogP contribution in [0.2, 0.25) is 5.02 Å². The molecule has 0 fully saturated rings. The summed E-state index contributed by atoms with van der Waals surface area (Å²) in [5.74, 6) is -0.404. The van der Waals surface area contributed by atoms with Crippen LogP contribution >= 0.6 is 11.6 Å². The summed E-state index contributed by atoms with van der Waals surface area (Å²) >= 11 is 6.03. The Bertz CT molecular complexity index is 478. The van der Waals surface area contributed by atoms with Crippen molar-refractivity contribution in [1.29, 1.82) is 0 Å². The van der Waals surface area contributed by atoms with E-state index in [1.54, 1.807) is 18.2 Å². The maximum atomic E-state index is 10.4. The molecule has 1 rings (SSSR count). The average molecular weight is 267 g/mol. The van der Waals surface area contributed by atoms with Gasteiger partial charge in [-0.05, 0) is 30.7 Å². The van der Waals surface area contributed by atoms with E-state index < -0.39 is 5.97 Å². The van der Waals surface area contributed by atoms with Crippen LogP contribution in [0.4, 0.5) is 0 Å². The smallest absolute Gasteiger partial charge is 0.328 e. The molecule has 4 heteroatoms. The molecule has 0 amide bonds. The molecule has 0 atom stereocenters. The van der Waals surface area contributed by atoms with Gasteiger partial charge in [0.1, 0.15) is 5.75 Å². The summed E-state index contributed by atoms with van der Waals surface area (Å²) in [6.45, 7) is 6.25. The average Bonchev–Trinajstić information content (AvgIpc) is 2.28. The SMILES string of the molecule is C=C(C)CCOc1ccc(/C=C/C(=O)O)cc1Cl. The van der Waals surface area contributed by atoms with Gasteiger partial charge in [0.25, 0.3) is 0 Å². The summed E-state index contributed by atoms with van der Waals surface area (Å²) in [6, 6.07) is 5.14. The highest BCUT2D eigenvalue weighted by atomic mass is 35.5. The van der Waals surface area contributed by atoms with Gasteiger partial charge in [-0.2, -0.15) is 0 Å². The van der Waals surface area contributed by atoms with Crippen LogP contribution in [0.15, 0.2) is 36.4 Å². The van der Waals surface area contributed by atoms with Crippen LogP contribution in [0.1, 0.15) is 18.9 Å². The first-order chi connectivity index (χ1) is 8.49. The van der Waals surface area contributed by atoms with Crippen molar-refractivity contribution < 1.29 is 14.6 Å². The molecule has 0 aromatic heterocycles. The lowest BCUT2D eigenvalue weighted by molar-refractivity contribution is -0.131. The van der Waals surface area contributed by atoms with Gasteiger partial charge in [-0.15, -0.1) is 6.58 Å². The third-order valence-electron chi connectivity index (χ3n) is 2.16. The fraction of sp³-hybridized carbons (Fsp3) is 0.214. The highest BCUT2D eigenvalue weighted by molar-refractivity contribution is 6.32. The van der Waals surface area contributed by atoms with Gasteiger partial charge in [0.2, 0.25) is 0 Å². The summed E-state index contributed by atoms with van der Waals surface area (Å²) in [6.07, 6.45) is 3.32. The van der Waals surface area contributed by atoms with Crippen LogP contribution in [0.5, 0.6) is 5.75 Å². The second-order valence-corrected chi connectivity index (χ2v) is 4.32. The minimum atomic E-state index is -0.993. The molecule has 1 aromatic carbocycles. The van der Waals surface area contributed by atoms with E-state index in [4.69, 9.17) is 21.4 Å². The molecule has 3 nitrogen and oxygen atoms in total. The highest BCUT2D eigenvalue weighted by Gasteiger charge is 2.02. The van der Waals surface area contributed by atoms with Crippen LogP contribution in [-0.4, -0.2) is 17.7 Å². The maximum Gasteiger partial charge on any atom is 0.328 e.